The van der Waals surface area contributed by atoms with E-state index in [1.165, 1.54) is 6.07 Å². The molecule has 19 heavy (non-hydrogen) atoms. The largest absolute Gasteiger partial charge is 0.490 e. The van der Waals surface area contributed by atoms with Crippen LogP contribution >= 0.6 is 0 Å². The average molecular weight is 273 g/mol. The first kappa shape index (κ1) is 15.7. The normalized spacial score (nSPS) is 10.8. The minimum absolute atomic E-state index is 0.0853. The Balaban J connectivity index is 2.66. The van der Waals surface area contributed by atoms with E-state index in [1.807, 2.05) is 6.92 Å². The first-order chi connectivity index (χ1) is 9.17. The molecule has 0 unspecified atom stereocenters. The summed E-state index contributed by atoms with van der Waals surface area (Å²) in [5.74, 6) is 0.456. The van der Waals surface area contributed by atoms with Crippen molar-refractivity contribution in [2.75, 3.05) is 19.7 Å². The van der Waals surface area contributed by atoms with E-state index in [-0.39, 0.29) is 5.75 Å². The highest BCUT2D eigenvalue weighted by Crippen LogP contribution is 2.29. The zero-order valence-corrected chi connectivity index (χ0v) is 11.4. The van der Waals surface area contributed by atoms with Crippen LogP contribution in [0.5, 0.6) is 11.5 Å². The third kappa shape index (κ3) is 5.87. The van der Waals surface area contributed by atoms with Crippen LogP contribution in [0.15, 0.2) is 18.2 Å². The zero-order valence-electron chi connectivity index (χ0n) is 11.4. The minimum Gasteiger partial charge on any atom is -0.490 e. The maximum absolute atomic E-state index is 12.2. The lowest BCUT2D eigenvalue weighted by Crippen LogP contribution is -2.17. The van der Waals surface area contributed by atoms with Gasteiger partial charge in [-0.2, -0.15) is 8.78 Å². The molecule has 1 N–H and O–H groups in total. The number of ether oxygens (including phenoxy) is 2. The summed E-state index contributed by atoms with van der Waals surface area (Å²) in [6, 6.07) is 5.08. The molecular weight excluding hydrogens is 252 g/mol. The number of alkyl halides is 2. The molecule has 1 rings (SSSR count). The van der Waals surface area contributed by atoms with Crippen LogP contribution in [0.2, 0.25) is 0 Å². The third-order valence-electron chi connectivity index (χ3n) is 2.54. The number of nitrogens with one attached hydrogen (secondary N) is 1. The van der Waals surface area contributed by atoms with Crippen LogP contribution in [0.4, 0.5) is 8.78 Å². The SMILES string of the molecule is CCCNCCc1ccc(OC(F)F)c(OCC)c1. The first-order valence-corrected chi connectivity index (χ1v) is 6.58. The van der Waals surface area contributed by atoms with Crippen LogP contribution in [-0.4, -0.2) is 26.3 Å². The second kappa shape index (κ2) is 8.69. The highest BCUT2D eigenvalue weighted by Gasteiger charge is 2.11. The smallest absolute Gasteiger partial charge is 0.387 e. The Kier molecular flexibility index (Phi) is 7.18. The molecule has 0 saturated heterocycles. The second-order valence-electron chi connectivity index (χ2n) is 4.09. The number of benzene rings is 1. The van der Waals surface area contributed by atoms with Crippen molar-refractivity contribution in [3.63, 3.8) is 0 Å². The summed E-state index contributed by atoms with van der Waals surface area (Å²) >= 11 is 0. The molecule has 0 bridgehead atoms. The van der Waals surface area contributed by atoms with Gasteiger partial charge in [-0.3, -0.25) is 0 Å². The second-order valence-corrected chi connectivity index (χ2v) is 4.09. The van der Waals surface area contributed by atoms with Gasteiger partial charge in [-0.1, -0.05) is 13.0 Å². The quantitative estimate of drug-likeness (QED) is 0.701. The van der Waals surface area contributed by atoms with E-state index >= 15 is 0 Å². The summed E-state index contributed by atoms with van der Waals surface area (Å²) in [4.78, 5) is 0. The predicted octanol–water partition coefficient (Wildman–Crippen LogP) is 3.23. The van der Waals surface area contributed by atoms with Crippen molar-refractivity contribution in [2.24, 2.45) is 0 Å². The molecule has 0 radical (unpaired) electrons. The van der Waals surface area contributed by atoms with Gasteiger partial charge in [-0.15, -0.1) is 0 Å². The van der Waals surface area contributed by atoms with Gasteiger partial charge < -0.3 is 14.8 Å². The first-order valence-electron chi connectivity index (χ1n) is 6.58. The standard InChI is InChI=1S/C14H21F2NO2/c1-3-8-17-9-7-11-5-6-12(19-14(15)16)13(10-11)18-4-2/h5-6,10,14,17H,3-4,7-9H2,1-2H3. The van der Waals surface area contributed by atoms with Crippen LogP contribution in [0.1, 0.15) is 25.8 Å². The van der Waals surface area contributed by atoms with Crippen molar-refractivity contribution in [1.29, 1.82) is 0 Å². The topological polar surface area (TPSA) is 30.5 Å². The van der Waals surface area contributed by atoms with Gasteiger partial charge in [0.1, 0.15) is 0 Å². The summed E-state index contributed by atoms with van der Waals surface area (Å²) in [5.41, 5.74) is 1.04. The lowest BCUT2D eigenvalue weighted by Gasteiger charge is -2.13. The Labute approximate surface area is 112 Å². The Morgan fingerprint density at radius 1 is 1.16 bits per heavy atom. The number of halogens is 2. The summed E-state index contributed by atoms with van der Waals surface area (Å²) < 4.78 is 34.2. The molecule has 0 aliphatic heterocycles. The minimum atomic E-state index is -2.84. The fourth-order valence-corrected chi connectivity index (χ4v) is 1.70. The fraction of sp³-hybridized carbons (Fsp3) is 0.571. The van der Waals surface area contributed by atoms with E-state index < -0.39 is 6.61 Å². The molecule has 3 nitrogen and oxygen atoms in total. The summed E-state index contributed by atoms with van der Waals surface area (Å²) in [7, 11) is 0. The maximum atomic E-state index is 12.2. The molecule has 0 heterocycles. The molecule has 0 atom stereocenters. The van der Waals surface area contributed by atoms with Crippen molar-refractivity contribution in [2.45, 2.75) is 33.3 Å². The van der Waals surface area contributed by atoms with Crippen molar-refractivity contribution in [3.8, 4) is 11.5 Å². The van der Waals surface area contributed by atoms with E-state index in [0.29, 0.717) is 12.4 Å². The molecule has 0 aromatic heterocycles. The number of hydrogen-bond acceptors (Lipinski definition) is 3. The highest BCUT2D eigenvalue weighted by molar-refractivity contribution is 5.43. The molecule has 0 aliphatic carbocycles. The van der Waals surface area contributed by atoms with Crippen LogP contribution < -0.4 is 14.8 Å². The van der Waals surface area contributed by atoms with Gasteiger partial charge in [0, 0.05) is 0 Å². The van der Waals surface area contributed by atoms with Gasteiger partial charge in [0.15, 0.2) is 11.5 Å². The molecule has 0 aliphatic rings. The van der Waals surface area contributed by atoms with E-state index in [1.54, 1.807) is 12.1 Å². The lowest BCUT2D eigenvalue weighted by atomic mass is 10.1. The van der Waals surface area contributed by atoms with Crippen molar-refractivity contribution in [3.05, 3.63) is 23.8 Å². The molecular formula is C14H21F2NO2. The molecule has 0 amide bonds. The highest BCUT2D eigenvalue weighted by atomic mass is 19.3. The van der Waals surface area contributed by atoms with Crippen LogP contribution in [0.3, 0.4) is 0 Å². The van der Waals surface area contributed by atoms with E-state index in [9.17, 15) is 8.78 Å². The molecule has 0 saturated carbocycles. The Hall–Kier alpha value is -1.36. The Bertz CT molecular complexity index is 372. The molecule has 5 heteroatoms. The lowest BCUT2D eigenvalue weighted by molar-refractivity contribution is -0.0514. The van der Waals surface area contributed by atoms with Gasteiger partial charge in [-0.25, -0.2) is 0 Å². The average Bonchev–Trinajstić information content (AvgIpc) is 2.37. The molecule has 0 fully saturated rings. The monoisotopic (exact) mass is 273 g/mol. The van der Waals surface area contributed by atoms with Gasteiger partial charge in [-0.05, 0) is 50.6 Å². The van der Waals surface area contributed by atoms with E-state index in [2.05, 4.69) is 17.0 Å². The Morgan fingerprint density at radius 3 is 2.58 bits per heavy atom. The number of hydrogen-bond donors (Lipinski definition) is 1. The molecule has 1 aromatic rings. The summed E-state index contributed by atoms with van der Waals surface area (Å²) in [6.45, 7) is 3.32. The zero-order chi connectivity index (χ0) is 14.1. The van der Waals surface area contributed by atoms with Crippen molar-refractivity contribution < 1.29 is 18.3 Å². The maximum Gasteiger partial charge on any atom is 0.387 e. The molecule has 108 valence electrons. The number of rotatable bonds is 9. The van der Waals surface area contributed by atoms with Gasteiger partial charge in [0.25, 0.3) is 0 Å². The van der Waals surface area contributed by atoms with E-state index in [0.717, 1.165) is 31.5 Å². The van der Waals surface area contributed by atoms with Crippen molar-refractivity contribution in [1.82, 2.24) is 5.32 Å². The predicted molar refractivity (Wildman–Crippen MR) is 71.1 cm³/mol. The molecule has 1 aromatic carbocycles. The van der Waals surface area contributed by atoms with Gasteiger partial charge in [0.05, 0.1) is 6.61 Å². The summed E-state index contributed by atoms with van der Waals surface area (Å²) in [6.07, 6.45) is 1.92. The Morgan fingerprint density at radius 2 is 1.95 bits per heavy atom. The fourth-order valence-electron chi connectivity index (χ4n) is 1.70. The van der Waals surface area contributed by atoms with Crippen molar-refractivity contribution >= 4 is 0 Å². The van der Waals surface area contributed by atoms with Crippen LogP contribution in [0.25, 0.3) is 0 Å². The van der Waals surface area contributed by atoms with Crippen LogP contribution in [-0.2, 0) is 6.42 Å². The summed E-state index contributed by atoms with van der Waals surface area (Å²) in [5, 5.41) is 3.29. The van der Waals surface area contributed by atoms with Gasteiger partial charge in [0.2, 0.25) is 0 Å². The molecule has 0 spiro atoms. The van der Waals surface area contributed by atoms with Gasteiger partial charge >= 0.3 is 6.61 Å². The van der Waals surface area contributed by atoms with Crippen LogP contribution in [0, 0.1) is 0 Å². The van der Waals surface area contributed by atoms with E-state index in [4.69, 9.17) is 4.74 Å². The third-order valence-corrected chi connectivity index (χ3v) is 2.54.